The molecule has 0 bridgehead atoms. The van der Waals surface area contributed by atoms with E-state index < -0.39 is 9.84 Å². The molecule has 3 rings (SSSR count). The van der Waals surface area contributed by atoms with Crippen LogP contribution in [0, 0.1) is 0 Å². The van der Waals surface area contributed by atoms with Crippen molar-refractivity contribution in [3.8, 4) is 11.3 Å². The number of hydrogen-bond acceptors (Lipinski definition) is 5. The molecule has 1 amide bonds. The highest BCUT2D eigenvalue weighted by atomic mass is 32.2. The average molecular weight is 389 g/mol. The zero-order chi connectivity index (χ0) is 19.4. The predicted molar refractivity (Wildman–Crippen MR) is 103 cm³/mol. The van der Waals surface area contributed by atoms with Gasteiger partial charge in [0.25, 0.3) is 5.56 Å². The third-order valence-electron chi connectivity index (χ3n) is 4.66. The molecule has 2 heterocycles. The fraction of sp³-hybridized carbons (Fsp3) is 0.421. The molecule has 1 atom stereocenters. The van der Waals surface area contributed by atoms with Gasteiger partial charge in [0.15, 0.2) is 9.84 Å². The van der Waals surface area contributed by atoms with Crippen molar-refractivity contribution in [2.24, 2.45) is 0 Å². The van der Waals surface area contributed by atoms with Gasteiger partial charge in [0.2, 0.25) is 5.91 Å². The maximum Gasteiger partial charge on any atom is 0.267 e. The van der Waals surface area contributed by atoms with Crippen LogP contribution in [-0.2, 0) is 21.2 Å². The molecule has 1 aromatic heterocycles. The first kappa shape index (κ1) is 19.3. The Morgan fingerprint density at radius 3 is 2.59 bits per heavy atom. The van der Waals surface area contributed by atoms with E-state index in [-0.39, 0.29) is 35.6 Å². The summed E-state index contributed by atoms with van der Waals surface area (Å²) in [6.45, 7) is 2.20. The number of benzene rings is 1. The minimum Gasteiger partial charge on any atom is -0.337 e. The summed E-state index contributed by atoms with van der Waals surface area (Å²) in [5.41, 5.74) is 1.10. The third kappa shape index (κ3) is 4.63. The number of carbonyl (C=O) groups excluding carboxylic acids is 1. The van der Waals surface area contributed by atoms with Crippen LogP contribution in [0.25, 0.3) is 11.3 Å². The molecule has 1 aliphatic rings. The van der Waals surface area contributed by atoms with E-state index in [0.29, 0.717) is 25.1 Å². The number of carbonyl (C=O) groups is 1. The molecule has 0 saturated carbocycles. The summed E-state index contributed by atoms with van der Waals surface area (Å²) in [7, 11) is -3.09. The van der Waals surface area contributed by atoms with Gasteiger partial charge >= 0.3 is 0 Å². The van der Waals surface area contributed by atoms with Crippen LogP contribution >= 0.6 is 0 Å². The minimum atomic E-state index is -3.09. The smallest absolute Gasteiger partial charge is 0.267 e. The molecule has 2 aromatic rings. The van der Waals surface area contributed by atoms with Gasteiger partial charge in [0.1, 0.15) is 6.54 Å². The fourth-order valence-electron chi connectivity index (χ4n) is 3.32. The number of rotatable bonds is 6. The molecule has 144 valence electrons. The van der Waals surface area contributed by atoms with Crippen molar-refractivity contribution in [1.29, 1.82) is 0 Å². The Hall–Kier alpha value is -2.48. The lowest BCUT2D eigenvalue weighted by Crippen LogP contribution is -2.44. The Labute approximate surface area is 158 Å². The van der Waals surface area contributed by atoms with E-state index >= 15 is 0 Å². The van der Waals surface area contributed by atoms with Crippen molar-refractivity contribution in [3.63, 3.8) is 0 Å². The highest BCUT2D eigenvalue weighted by Gasteiger charge is 2.34. The molecule has 1 aliphatic heterocycles. The second kappa shape index (κ2) is 8.04. The Bertz CT molecular complexity index is 970. The van der Waals surface area contributed by atoms with Crippen molar-refractivity contribution >= 4 is 15.7 Å². The predicted octanol–water partition coefficient (Wildman–Crippen LogP) is 1.34. The summed E-state index contributed by atoms with van der Waals surface area (Å²) < 4.78 is 24.7. The summed E-state index contributed by atoms with van der Waals surface area (Å²) in [4.78, 5) is 26.6. The van der Waals surface area contributed by atoms with Gasteiger partial charge in [-0.25, -0.2) is 13.1 Å². The van der Waals surface area contributed by atoms with Crippen molar-refractivity contribution < 1.29 is 13.2 Å². The van der Waals surface area contributed by atoms with Crippen LogP contribution in [0.2, 0.25) is 0 Å². The van der Waals surface area contributed by atoms with Crippen LogP contribution < -0.4 is 5.56 Å². The SMILES string of the molecule is CCCN(C(=O)Cn1nc(-c2ccccc2)ccc1=O)C1CCS(=O)(=O)C1. The Kier molecular flexibility index (Phi) is 5.74. The zero-order valence-electron chi connectivity index (χ0n) is 15.2. The highest BCUT2D eigenvalue weighted by Crippen LogP contribution is 2.19. The first-order valence-electron chi connectivity index (χ1n) is 9.03. The van der Waals surface area contributed by atoms with Gasteiger partial charge in [-0.05, 0) is 18.9 Å². The third-order valence-corrected chi connectivity index (χ3v) is 6.41. The van der Waals surface area contributed by atoms with Gasteiger partial charge in [0, 0.05) is 24.2 Å². The number of hydrogen-bond donors (Lipinski definition) is 0. The normalized spacial score (nSPS) is 18.3. The lowest BCUT2D eigenvalue weighted by atomic mass is 10.1. The second-order valence-corrected chi connectivity index (χ2v) is 8.95. The molecule has 7 nitrogen and oxygen atoms in total. The van der Waals surface area contributed by atoms with E-state index in [1.165, 1.54) is 6.07 Å². The van der Waals surface area contributed by atoms with Crippen LogP contribution in [-0.4, -0.2) is 53.1 Å². The topological polar surface area (TPSA) is 89.3 Å². The van der Waals surface area contributed by atoms with Crippen molar-refractivity contribution in [2.45, 2.75) is 32.4 Å². The summed E-state index contributed by atoms with van der Waals surface area (Å²) >= 11 is 0. The summed E-state index contributed by atoms with van der Waals surface area (Å²) in [6.07, 6.45) is 1.16. The van der Waals surface area contributed by atoms with E-state index in [9.17, 15) is 18.0 Å². The number of amides is 1. The molecular weight excluding hydrogens is 366 g/mol. The van der Waals surface area contributed by atoms with Gasteiger partial charge in [-0.15, -0.1) is 0 Å². The molecule has 0 radical (unpaired) electrons. The molecule has 1 unspecified atom stereocenters. The highest BCUT2D eigenvalue weighted by molar-refractivity contribution is 7.91. The maximum absolute atomic E-state index is 12.8. The largest absolute Gasteiger partial charge is 0.337 e. The van der Waals surface area contributed by atoms with Crippen LogP contribution in [0.1, 0.15) is 19.8 Å². The summed E-state index contributed by atoms with van der Waals surface area (Å²) in [6, 6.07) is 12.1. The number of nitrogens with zero attached hydrogens (tertiary/aromatic N) is 3. The minimum absolute atomic E-state index is 0.00881. The molecule has 0 N–H and O–H groups in total. The van der Waals surface area contributed by atoms with Gasteiger partial charge in [-0.3, -0.25) is 9.59 Å². The van der Waals surface area contributed by atoms with Crippen LogP contribution in [0.3, 0.4) is 0 Å². The first-order chi connectivity index (χ1) is 12.9. The van der Waals surface area contributed by atoms with E-state index in [4.69, 9.17) is 0 Å². The van der Waals surface area contributed by atoms with E-state index in [1.807, 2.05) is 37.3 Å². The Morgan fingerprint density at radius 1 is 1.22 bits per heavy atom. The van der Waals surface area contributed by atoms with Gasteiger partial charge < -0.3 is 4.90 Å². The summed E-state index contributed by atoms with van der Waals surface area (Å²) in [5, 5.41) is 4.32. The van der Waals surface area contributed by atoms with E-state index in [1.54, 1.807) is 11.0 Å². The standard InChI is InChI=1S/C19H23N3O4S/c1-2-11-21(16-10-12-27(25,26)14-16)19(24)13-22-18(23)9-8-17(20-22)15-6-4-3-5-7-15/h3-9,16H,2,10-14H2,1H3. The second-order valence-electron chi connectivity index (χ2n) is 6.72. The van der Waals surface area contributed by atoms with E-state index in [2.05, 4.69) is 5.10 Å². The van der Waals surface area contributed by atoms with Gasteiger partial charge in [-0.1, -0.05) is 37.3 Å². The molecule has 1 fully saturated rings. The number of sulfone groups is 1. The van der Waals surface area contributed by atoms with E-state index in [0.717, 1.165) is 10.2 Å². The first-order valence-corrected chi connectivity index (χ1v) is 10.9. The maximum atomic E-state index is 12.8. The van der Waals surface area contributed by atoms with Crippen LogP contribution in [0.15, 0.2) is 47.3 Å². The van der Waals surface area contributed by atoms with Crippen molar-refractivity contribution in [1.82, 2.24) is 14.7 Å². The molecule has 8 heteroatoms. The van der Waals surface area contributed by atoms with Gasteiger partial charge in [0.05, 0.1) is 17.2 Å². The Morgan fingerprint density at radius 2 is 1.96 bits per heavy atom. The average Bonchev–Trinajstić information content (AvgIpc) is 3.01. The monoisotopic (exact) mass is 389 g/mol. The fourth-order valence-corrected chi connectivity index (χ4v) is 5.05. The van der Waals surface area contributed by atoms with Crippen LogP contribution in [0.4, 0.5) is 0 Å². The molecule has 0 aliphatic carbocycles. The summed E-state index contributed by atoms with van der Waals surface area (Å²) in [5.74, 6) is -0.184. The lowest BCUT2D eigenvalue weighted by molar-refractivity contribution is -0.134. The van der Waals surface area contributed by atoms with Crippen LogP contribution in [0.5, 0.6) is 0 Å². The zero-order valence-corrected chi connectivity index (χ0v) is 16.1. The molecular formula is C19H23N3O4S. The number of aromatic nitrogens is 2. The van der Waals surface area contributed by atoms with Crippen molar-refractivity contribution in [3.05, 3.63) is 52.8 Å². The van der Waals surface area contributed by atoms with Crippen molar-refractivity contribution in [2.75, 3.05) is 18.1 Å². The molecule has 1 aromatic carbocycles. The Balaban J connectivity index is 1.82. The lowest BCUT2D eigenvalue weighted by Gasteiger charge is -2.28. The van der Waals surface area contributed by atoms with Gasteiger partial charge in [-0.2, -0.15) is 5.10 Å². The quantitative estimate of drug-likeness (QED) is 0.744. The molecule has 27 heavy (non-hydrogen) atoms. The molecule has 0 spiro atoms. The molecule has 1 saturated heterocycles.